The van der Waals surface area contributed by atoms with Crippen molar-refractivity contribution in [3.63, 3.8) is 0 Å². The largest absolute Gasteiger partial charge is 0.409 e. The van der Waals surface area contributed by atoms with E-state index in [9.17, 15) is 0 Å². The molecule has 1 rings (SSSR count). The Morgan fingerprint density at radius 1 is 1.50 bits per heavy atom. The van der Waals surface area contributed by atoms with Crippen LogP contribution in [0.1, 0.15) is 39.5 Å². The van der Waals surface area contributed by atoms with Crippen molar-refractivity contribution in [2.24, 2.45) is 22.2 Å². The summed E-state index contributed by atoms with van der Waals surface area (Å²) in [5.41, 5.74) is 5.41. The van der Waals surface area contributed by atoms with Gasteiger partial charge < -0.3 is 21.0 Å². The molecule has 1 fully saturated rings. The average Bonchev–Trinajstić information content (AvgIpc) is 2.85. The number of nitrogens with one attached hydrogen (secondary N) is 1. The molecule has 0 aromatic heterocycles. The van der Waals surface area contributed by atoms with Crippen molar-refractivity contribution in [3.8, 4) is 0 Å². The van der Waals surface area contributed by atoms with Gasteiger partial charge in [-0.15, -0.1) is 0 Å². The van der Waals surface area contributed by atoms with Gasteiger partial charge in [-0.2, -0.15) is 0 Å². The van der Waals surface area contributed by atoms with Gasteiger partial charge in [0.15, 0.2) is 0 Å². The van der Waals surface area contributed by atoms with Crippen LogP contribution >= 0.6 is 0 Å². The first-order valence-corrected chi connectivity index (χ1v) is 6.83. The minimum Gasteiger partial charge on any atom is -0.409 e. The summed E-state index contributed by atoms with van der Waals surface area (Å²) >= 11 is 0. The van der Waals surface area contributed by atoms with E-state index in [1.807, 2.05) is 13.8 Å². The molecule has 5 heteroatoms. The van der Waals surface area contributed by atoms with Crippen molar-refractivity contribution in [3.05, 3.63) is 0 Å². The van der Waals surface area contributed by atoms with Crippen LogP contribution in [0.25, 0.3) is 0 Å². The Hall–Kier alpha value is -0.810. The van der Waals surface area contributed by atoms with Crippen LogP contribution in [0.3, 0.4) is 0 Å². The summed E-state index contributed by atoms with van der Waals surface area (Å²) in [5, 5.41) is 15.2. The highest BCUT2D eigenvalue weighted by atomic mass is 16.5. The first kappa shape index (κ1) is 15.2. The second-order valence-corrected chi connectivity index (χ2v) is 5.74. The molecule has 1 atom stereocenters. The second kappa shape index (κ2) is 7.59. The first-order chi connectivity index (χ1) is 8.56. The maximum absolute atomic E-state index is 8.67. The lowest BCUT2D eigenvalue weighted by molar-refractivity contribution is 0.184. The zero-order valence-electron chi connectivity index (χ0n) is 11.6. The zero-order valence-corrected chi connectivity index (χ0v) is 11.6. The minimum atomic E-state index is -0.226. The molecule has 0 spiro atoms. The molecular formula is C13H27N3O2. The molecule has 18 heavy (non-hydrogen) atoms. The fourth-order valence-electron chi connectivity index (χ4n) is 2.16. The molecule has 106 valence electrons. The normalized spacial score (nSPS) is 21.4. The number of hydrogen-bond donors (Lipinski definition) is 3. The molecule has 1 unspecified atom stereocenters. The summed E-state index contributed by atoms with van der Waals surface area (Å²) in [6, 6.07) is 0. The Kier molecular flexibility index (Phi) is 6.43. The Balaban J connectivity index is 2.01. The van der Waals surface area contributed by atoms with Gasteiger partial charge in [0, 0.05) is 18.6 Å². The van der Waals surface area contributed by atoms with Crippen molar-refractivity contribution in [2.45, 2.75) is 39.5 Å². The Morgan fingerprint density at radius 3 is 2.89 bits per heavy atom. The Morgan fingerprint density at radius 2 is 2.28 bits per heavy atom. The number of ether oxygens (including phenoxy) is 1. The van der Waals surface area contributed by atoms with Gasteiger partial charge in [-0.3, -0.25) is 0 Å². The molecule has 1 aliphatic heterocycles. The smallest absolute Gasteiger partial charge is 0.144 e. The number of amidine groups is 1. The van der Waals surface area contributed by atoms with Crippen molar-refractivity contribution >= 4 is 5.84 Å². The summed E-state index contributed by atoms with van der Waals surface area (Å²) in [7, 11) is 0. The lowest BCUT2D eigenvalue weighted by atomic mass is 9.86. The fourth-order valence-corrected chi connectivity index (χ4v) is 2.16. The van der Waals surface area contributed by atoms with E-state index >= 15 is 0 Å². The van der Waals surface area contributed by atoms with Crippen LogP contribution in [0, 0.1) is 11.3 Å². The van der Waals surface area contributed by atoms with Gasteiger partial charge in [0.05, 0.1) is 0 Å². The fraction of sp³-hybridized carbons (Fsp3) is 0.923. The van der Waals surface area contributed by atoms with Crippen LogP contribution < -0.4 is 11.1 Å². The van der Waals surface area contributed by atoms with Crippen LogP contribution in [0.5, 0.6) is 0 Å². The van der Waals surface area contributed by atoms with Crippen LogP contribution in [0.4, 0.5) is 0 Å². The molecule has 0 amide bonds. The van der Waals surface area contributed by atoms with E-state index in [0.717, 1.165) is 45.1 Å². The van der Waals surface area contributed by atoms with Crippen LogP contribution in [0.2, 0.25) is 0 Å². The van der Waals surface area contributed by atoms with E-state index in [-0.39, 0.29) is 5.41 Å². The average molecular weight is 257 g/mol. The highest BCUT2D eigenvalue weighted by Crippen LogP contribution is 2.22. The van der Waals surface area contributed by atoms with E-state index in [1.165, 1.54) is 12.8 Å². The number of hydrogen-bond acceptors (Lipinski definition) is 4. The molecule has 4 N–H and O–H groups in total. The van der Waals surface area contributed by atoms with Crippen LogP contribution in [-0.4, -0.2) is 37.3 Å². The molecule has 0 aromatic carbocycles. The highest BCUT2D eigenvalue weighted by Gasteiger charge is 2.22. The molecular weight excluding hydrogens is 230 g/mol. The van der Waals surface area contributed by atoms with Crippen molar-refractivity contribution in [1.82, 2.24) is 5.32 Å². The quantitative estimate of drug-likeness (QED) is 0.203. The van der Waals surface area contributed by atoms with Gasteiger partial charge in [-0.1, -0.05) is 19.0 Å². The van der Waals surface area contributed by atoms with Gasteiger partial charge in [0.2, 0.25) is 0 Å². The van der Waals surface area contributed by atoms with Crippen LogP contribution in [0.15, 0.2) is 5.16 Å². The molecule has 0 aliphatic carbocycles. The molecule has 5 nitrogen and oxygen atoms in total. The summed E-state index contributed by atoms with van der Waals surface area (Å²) in [6.45, 7) is 7.89. The minimum absolute atomic E-state index is 0.226. The summed E-state index contributed by atoms with van der Waals surface area (Å²) < 4.78 is 5.34. The van der Waals surface area contributed by atoms with Gasteiger partial charge in [-0.25, -0.2) is 0 Å². The first-order valence-electron chi connectivity index (χ1n) is 6.83. The monoisotopic (exact) mass is 257 g/mol. The Bertz CT molecular complexity index is 261. The van der Waals surface area contributed by atoms with Crippen molar-refractivity contribution in [2.75, 3.05) is 26.3 Å². The van der Waals surface area contributed by atoms with Crippen molar-refractivity contribution in [1.29, 1.82) is 0 Å². The predicted molar refractivity (Wildman–Crippen MR) is 72.8 cm³/mol. The Labute approximate surface area is 110 Å². The van der Waals surface area contributed by atoms with E-state index in [0.29, 0.717) is 5.84 Å². The molecule has 0 radical (unpaired) electrons. The summed E-state index contributed by atoms with van der Waals surface area (Å²) in [4.78, 5) is 0. The molecule has 1 heterocycles. The third-order valence-electron chi connectivity index (χ3n) is 3.71. The molecule has 0 bridgehead atoms. The molecule has 1 aliphatic rings. The molecule has 1 saturated heterocycles. The van der Waals surface area contributed by atoms with Gasteiger partial charge >= 0.3 is 0 Å². The topological polar surface area (TPSA) is 79.9 Å². The number of nitrogens with zero attached hydrogens (tertiary/aromatic N) is 1. The van der Waals surface area contributed by atoms with E-state index in [1.54, 1.807) is 0 Å². The predicted octanol–water partition coefficient (Wildman–Crippen LogP) is 1.56. The van der Waals surface area contributed by atoms with Gasteiger partial charge in [0.1, 0.15) is 5.84 Å². The number of nitrogens with two attached hydrogens (primary N) is 1. The highest BCUT2D eigenvalue weighted by molar-refractivity contribution is 5.85. The second-order valence-electron chi connectivity index (χ2n) is 5.74. The van der Waals surface area contributed by atoms with E-state index in [4.69, 9.17) is 15.7 Å². The zero-order chi connectivity index (χ0) is 13.4. The summed E-state index contributed by atoms with van der Waals surface area (Å²) in [5.74, 6) is 1.05. The lowest BCUT2D eigenvalue weighted by Gasteiger charge is -2.22. The number of rotatable bonds is 8. The van der Waals surface area contributed by atoms with Crippen LogP contribution in [-0.2, 0) is 4.74 Å². The standard InChI is InChI=1S/C13H27N3O2/c1-13(2,12(14)16-17)6-3-7-15-8-4-11-5-9-18-10-11/h11,15,17H,3-10H2,1-2H3,(H2,14,16). The third kappa shape index (κ3) is 5.23. The third-order valence-corrected chi connectivity index (χ3v) is 3.71. The number of oxime groups is 1. The maximum atomic E-state index is 8.67. The van der Waals surface area contributed by atoms with Gasteiger partial charge in [0.25, 0.3) is 0 Å². The molecule has 0 saturated carbocycles. The van der Waals surface area contributed by atoms with E-state index in [2.05, 4.69) is 10.5 Å². The SMILES string of the molecule is CC(C)(CCCNCCC1CCOC1)C(N)=NO. The maximum Gasteiger partial charge on any atom is 0.144 e. The summed E-state index contributed by atoms with van der Waals surface area (Å²) in [6.07, 6.45) is 4.36. The van der Waals surface area contributed by atoms with Gasteiger partial charge in [-0.05, 0) is 44.7 Å². The van der Waals surface area contributed by atoms with Crippen molar-refractivity contribution < 1.29 is 9.94 Å². The van der Waals surface area contributed by atoms with E-state index < -0.39 is 0 Å². The molecule has 0 aromatic rings. The lowest BCUT2D eigenvalue weighted by Crippen LogP contribution is -2.32.